The molecular formula is C14H9F4N3O3. The number of hydrogen-bond acceptors (Lipinski definition) is 5. The molecule has 10 heteroatoms. The summed E-state index contributed by atoms with van der Waals surface area (Å²) in [6.07, 6.45) is 0.837. The highest BCUT2D eigenvalue weighted by atomic mass is 19.2. The molecule has 0 radical (unpaired) electrons. The predicted molar refractivity (Wildman–Crippen MR) is 71.2 cm³/mol. The van der Waals surface area contributed by atoms with Crippen LogP contribution < -0.4 is 0 Å². The molecule has 1 N–H and O–H groups in total. The van der Waals surface area contributed by atoms with Gasteiger partial charge in [-0.3, -0.25) is 4.79 Å². The number of halogens is 4. The van der Waals surface area contributed by atoms with Crippen molar-refractivity contribution in [3.63, 3.8) is 0 Å². The molecule has 0 fully saturated rings. The van der Waals surface area contributed by atoms with Gasteiger partial charge >= 0.3 is 5.97 Å². The molecule has 0 saturated heterocycles. The quantitative estimate of drug-likeness (QED) is 0.170. The van der Waals surface area contributed by atoms with Crippen LogP contribution in [0.2, 0.25) is 0 Å². The molecule has 24 heavy (non-hydrogen) atoms. The fourth-order valence-corrected chi connectivity index (χ4v) is 1.35. The SMILES string of the molecule is CN(C)C=C(C(=O)O)C(=O)c1cc(F)c(F)c(F)c1F.N#CC#N. The van der Waals surface area contributed by atoms with Gasteiger partial charge in [0, 0.05) is 20.3 Å². The summed E-state index contributed by atoms with van der Waals surface area (Å²) in [5.41, 5.74) is -2.11. The number of rotatable bonds is 4. The van der Waals surface area contributed by atoms with Crippen molar-refractivity contribution >= 4 is 11.8 Å². The highest BCUT2D eigenvalue weighted by Gasteiger charge is 2.27. The third-order valence-electron chi connectivity index (χ3n) is 2.26. The highest BCUT2D eigenvalue weighted by molar-refractivity contribution is 6.23. The van der Waals surface area contributed by atoms with Gasteiger partial charge in [-0.15, -0.1) is 0 Å². The van der Waals surface area contributed by atoms with E-state index in [4.69, 9.17) is 15.6 Å². The Kier molecular flexibility index (Phi) is 7.64. The molecule has 0 unspecified atom stereocenters. The molecule has 1 rings (SSSR count). The van der Waals surface area contributed by atoms with E-state index in [9.17, 15) is 27.2 Å². The number of carboxylic acid groups (broad SMARTS) is 1. The number of nitrogens with zero attached hydrogens (tertiary/aromatic N) is 3. The molecule has 0 aliphatic rings. The molecule has 0 aliphatic heterocycles. The molecule has 0 bridgehead atoms. The molecule has 0 spiro atoms. The Morgan fingerprint density at radius 1 is 1.08 bits per heavy atom. The maximum absolute atomic E-state index is 13.4. The lowest BCUT2D eigenvalue weighted by Gasteiger charge is -2.09. The normalized spacial score (nSPS) is 9.92. The summed E-state index contributed by atoms with van der Waals surface area (Å²) in [6.45, 7) is 0. The third kappa shape index (κ3) is 5.10. The van der Waals surface area contributed by atoms with Crippen LogP contribution in [-0.2, 0) is 4.79 Å². The minimum absolute atomic E-state index is 0.114. The minimum atomic E-state index is -2.18. The number of nitriles is 2. The van der Waals surface area contributed by atoms with E-state index in [1.54, 1.807) is 0 Å². The Labute approximate surface area is 133 Å². The molecular weight excluding hydrogens is 334 g/mol. The standard InChI is InChI=1S/C12H9F4NO3.C2N2/c1-17(2)4-6(12(19)20)11(18)5-3-7(13)9(15)10(16)8(5)14;3-1-2-4/h3-4H,1-2H3,(H,19,20);. The zero-order valence-electron chi connectivity index (χ0n) is 12.3. The average Bonchev–Trinajstić information content (AvgIpc) is 2.53. The summed E-state index contributed by atoms with van der Waals surface area (Å²) in [6, 6.07) is 2.59. The van der Waals surface area contributed by atoms with Crippen molar-refractivity contribution in [2.75, 3.05) is 14.1 Å². The van der Waals surface area contributed by atoms with E-state index in [2.05, 4.69) is 0 Å². The van der Waals surface area contributed by atoms with E-state index in [0.717, 1.165) is 6.20 Å². The summed E-state index contributed by atoms with van der Waals surface area (Å²) >= 11 is 0. The van der Waals surface area contributed by atoms with Gasteiger partial charge in [0.15, 0.2) is 35.4 Å². The van der Waals surface area contributed by atoms with Gasteiger partial charge in [0.25, 0.3) is 0 Å². The van der Waals surface area contributed by atoms with Gasteiger partial charge in [0.2, 0.25) is 5.78 Å². The number of Topliss-reactive ketones (excluding diaryl/α,β-unsaturated/α-hetero) is 1. The van der Waals surface area contributed by atoms with Crippen LogP contribution in [0.3, 0.4) is 0 Å². The average molecular weight is 343 g/mol. The summed E-state index contributed by atoms with van der Waals surface area (Å²) < 4.78 is 52.2. The number of ketones is 1. The van der Waals surface area contributed by atoms with Gasteiger partial charge in [0.1, 0.15) is 5.57 Å². The first-order valence-electron chi connectivity index (χ1n) is 5.85. The van der Waals surface area contributed by atoms with Crippen molar-refractivity contribution in [2.45, 2.75) is 0 Å². The predicted octanol–water partition coefficient (Wildman–Crippen LogP) is 1.99. The Balaban J connectivity index is 0.00000118. The number of aliphatic carboxylic acids is 1. The first kappa shape index (κ1) is 20.6. The van der Waals surface area contributed by atoms with Crippen molar-refractivity contribution in [1.29, 1.82) is 10.5 Å². The van der Waals surface area contributed by atoms with Crippen LogP contribution in [0.5, 0.6) is 0 Å². The van der Waals surface area contributed by atoms with Gasteiger partial charge < -0.3 is 10.0 Å². The Morgan fingerprint density at radius 2 is 1.58 bits per heavy atom. The van der Waals surface area contributed by atoms with E-state index in [0.29, 0.717) is 0 Å². The van der Waals surface area contributed by atoms with Crippen LogP contribution in [0.25, 0.3) is 0 Å². The maximum Gasteiger partial charge on any atom is 0.341 e. The first-order valence-corrected chi connectivity index (χ1v) is 5.85. The van der Waals surface area contributed by atoms with Gasteiger partial charge in [-0.2, -0.15) is 10.5 Å². The van der Waals surface area contributed by atoms with Crippen LogP contribution in [0.4, 0.5) is 17.6 Å². The maximum atomic E-state index is 13.4. The van der Waals surface area contributed by atoms with E-state index < -0.39 is 46.2 Å². The number of carbonyl (C=O) groups is 2. The molecule has 6 nitrogen and oxygen atoms in total. The van der Waals surface area contributed by atoms with Crippen LogP contribution in [0.1, 0.15) is 10.4 Å². The third-order valence-corrected chi connectivity index (χ3v) is 2.26. The smallest absolute Gasteiger partial charge is 0.341 e. The number of carbonyl (C=O) groups excluding carboxylic acids is 1. The zero-order chi connectivity index (χ0) is 19.0. The summed E-state index contributed by atoms with van der Waals surface area (Å²) in [5.74, 6) is -11.2. The molecule has 126 valence electrons. The van der Waals surface area contributed by atoms with E-state index in [1.165, 1.54) is 31.1 Å². The van der Waals surface area contributed by atoms with Gasteiger partial charge in [-0.1, -0.05) is 0 Å². The fourth-order valence-electron chi connectivity index (χ4n) is 1.35. The molecule has 0 heterocycles. The van der Waals surface area contributed by atoms with Gasteiger partial charge in [-0.25, -0.2) is 22.4 Å². The number of benzene rings is 1. The Bertz CT molecular complexity index is 765. The molecule has 0 aromatic heterocycles. The van der Waals surface area contributed by atoms with Gasteiger partial charge in [-0.05, 0) is 6.07 Å². The number of hydrogen-bond donors (Lipinski definition) is 1. The second-order valence-electron chi connectivity index (χ2n) is 4.21. The van der Waals surface area contributed by atoms with Crippen molar-refractivity contribution in [1.82, 2.24) is 4.90 Å². The van der Waals surface area contributed by atoms with E-state index >= 15 is 0 Å². The van der Waals surface area contributed by atoms with Crippen molar-refractivity contribution < 1.29 is 32.3 Å². The lowest BCUT2D eigenvalue weighted by molar-refractivity contribution is -0.132. The Morgan fingerprint density at radius 3 is 1.96 bits per heavy atom. The summed E-state index contributed by atoms with van der Waals surface area (Å²) in [7, 11) is 2.77. The lowest BCUT2D eigenvalue weighted by Crippen LogP contribution is -2.19. The van der Waals surface area contributed by atoms with Crippen LogP contribution in [-0.4, -0.2) is 35.9 Å². The molecule has 0 aliphatic carbocycles. The van der Waals surface area contributed by atoms with Crippen LogP contribution in [0.15, 0.2) is 17.8 Å². The topological polar surface area (TPSA) is 105 Å². The first-order chi connectivity index (χ1) is 11.1. The van der Waals surface area contributed by atoms with Crippen molar-refractivity contribution in [2.24, 2.45) is 0 Å². The lowest BCUT2D eigenvalue weighted by atomic mass is 10.0. The van der Waals surface area contributed by atoms with Crippen molar-refractivity contribution in [3.05, 3.63) is 46.7 Å². The second-order valence-corrected chi connectivity index (χ2v) is 4.21. The molecule has 0 amide bonds. The highest BCUT2D eigenvalue weighted by Crippen LogP contribution is 2.21. The fraction of sp³-hybridized carbons (Fsp3) is 0.143. The minimum Gasteiger partial charge on any atom is -0.477 e. The Hall–Kier alpha value is -3.40. The largest absolute Gasteiger partial charge is 0.477 e. The van der Waals surface area contributed by atoms with Crippen LogP contribution in [0, 0.1) is 45.9 Å². The summed E-state index contributed by atoms with van der Waals surface area (Å²) in [4.78, 5) is 23.9. The molecule has 1 aromatic carbocycles. The second kappa shape index (κ2) is 8.90. The molecule has 0 saturated carbocycles. The summed E-state index contributed by atoms with van der Waals surface area (Å²) in [5, 5.41) is 23.4. The zero-order valence-corrected chi connectivity index (χ0v) is 12.3. The van der Waals surface area contributed by atoms with Crippen molar-refractivity contribution in [3.8, 4) is 12.1 Å². The number of carboxylic acids is 1. The molecule has 0 atom stereocenters. The van der Waals surface area contributed by atoms with E-state index in [1.807, 2.05) is 0 Å². The van der Waals surface area contributed by atoms with E-state index in [-0.39, 0.29) is 6.07 Å². The molecule has 1 aromatic rings. The van der Waals surface area contributed by atoms with Crippen LogP contribution >= 0.6 is 0 Å². The monoisotopic (exact) mass is 343 g/mol. The van der Waals surface area contributed by atoms with Gasteiger partial charge in [0.05, 0.1) is 5.56 Å².